The van der Waals surface area contributed by atoms with E-state index < -0.39 is 21.5 Å². The molecule has 1 amide bonds. The fraction of sp³-hybridized carbons (Fsp3) is 0.250. The fourth-order valence-electron chi connectivity index (χ4n) is 2.99. The van der Waals surface area contributed by atoms with E-state index in [0.717, 1.165) is 10.9 Å². The Hall–Kier alpha value is -2.35. The summed E-state index contributed by atoms with van der Waals surface area (Å²) in [6.45, 7) is 5.29. The summed E-state index contributed by atoms with van der Waals surface area (Å²) in [4.78, 5) is 12.9. The first-order valence-electron chi connectivity index (χ1n) is 8.68. The SMILES string of the molecule is Cn1c(C(=O)Nc2cccc(S(=O)(=O)NC(C)(C)C)c2)c(Cl)c2ccccc21. The molecule has 2 N–H and O–H groups in total. The monoisotopic (exact) mass is 419 g/mol. The van der Waals surface area contributed by atoms with Gasteiger partial charge in [0.05, 0.1) is 9.92 Å². The highest BCUT2D eigenvalue weighted by Gasteiger charge is 2.23. The van der Waals surface area contributed by atoms with Crippen molar-refractivity contribution in [2.45, 2.75) is 31.2 Å². The van der Waals surface area contributed by atoms with Gasteiger partial charge in [-0.2, -0.15) is 0 Å². The molecule has 0 atom stereocenters. The maximum absolute atomic E-state index is 12.8. The highest BCUT2D eigenvalue weighted by Crippen LogP contribution is 2.30. The lowest BCUT2D eigenvalue weighted by Crippen LogP contribution is -2.40. The quantitative estimate of drug-likeness (QED) is 0.666. The molecular formula is C20H22ClN3O3S. The lowest BCUT2D eigenvalue weighted by molar-refractivity contribution is 0.102. The Morgan fingerprint density at radius 3 is 2.39 bits per heavy atom. The van der Waals surface area contributed by atoms with Crippen molar-refractivity contribution < 1.29 is 13.2 Å². The third-order valence-corrected chi connectivity index (χ3v) is 6.24. The normalized spacial score (nSPS) is 12.3. The van der Waals surface area contributed by atoms with E-state index in [1.807, 2.05) is 24.3 Å². The first kappa shape index (κ1) is 20.4. The van der Waals surface area contributed by atoms with Crippen LogP contribution in [0.25, 0.3) is 10.9 Å². The molecule has 148 valence electrons. The number of hydrogen-bond donors (Lipinski definition) is 2. The first-order chi connectivity index (χ1) is 13.0. The Balaban J connectivity index is 1.92. The van der Waals surface area contributed by atoms with Crippen molar-refractivity contribution >= 4 is 44.1 Å². The minimum Gasteiger partial charge on any atom is -0.338 e. The third kappa shape index (κ3) is 4.06. The van der Waals surface area contributed by atoms with Crippen LogP contribution in [-0.2, 0) is 17.1 Å². The fourth-order valence-corrected chi connectivity index (χ4v) is 4.83. The summed E-state index contributed by atoms with van der Waals surface area (Å²) in [5.74, 6) is -0.415. The highest BCUT2D eigenvalue weighted by atomic mass is 35.5. The second-order valence-corrected chi connectivity index (χ2v) is 9.64. The van der Waals surface area contributed by atoms with Gasteiger partial charge in [0.1, 0.15) is 5.69 Å². The van der Waals surface area contributed by atoms with Crippen LogP contribution in [0.5, 0.6) is 0 Å². The number of sulfonamides is 1. The summed E-state index contributed by atoms with van der Waals surface area (Å²) in [6.07, 6.45) is 0. The number of aromatic nitrogens is 1. The van der Waals surface area contributed by atoms with E-state index in [1.165, 1.54) is 12.1 Å². The lowest BCUT2D eigenvalue weighted by atomic mass is 10.1. The van der Waals surface area contributed by atoms with Crippen LogP contribution in [0.15, 0.2) is 53.4 Å². The summed E-state index contributed by atoms with van der Waals surface area (Å²) in [7, 11) is -1.95. The van der Waals surface area contributed by atoms with Crippen LogP contribution >= 0.6 is 11.6 Å². The molecule has 0 saturated carbocycles. The van der Waals surface area contributed by atoms with Gasteiger partial charge in [-0.15, -0.1) is 0 Å². The average Bonchev–Trinajstić information content (AvgIpc) is 2.84. The van der Waals surface area contributed by atoms with Gasteiger partial charge in [0.15, 0.2) is 0 Å². The number of nitrogens with one attached hydrogen (secondary N) is 2. The average molecular weight is 420 g/mol. The maximum atomic E-state index is 12.8. The summed E-state index contributed by atoms with van der Waals surface area (Å²) in [6, 6.07) is 13.6. The predicted molar refractivity (Wildman–Crippen MR) is 112 cm³/mol. The van der Waals surface area contributed by atoms with Crippen LogP contribution in [0.1, 0.15) is 31.3 Å². The number of amides is 1. The molecule has 3 rings (SSSR count). The number of carbonyl (C=O) groups is 1. The highest BCUT2D eigenvalue weighted by molar-refractivity contribution is 7.89. The maximum Gasteiger partial charge on any atom is 0.273 e. The summed E-state index contributed by atoms with van der Waals surface area (Å²) in [5.41, 5.74) is 0.893. The van der Waals surface area contributed by atoms with Crippen LogP contribution in [0.2, 0.25) is 5.02 Å². The van der Waals surface area contributed by atoms with Gasteiger partial charge >= 0.3 is 0 Å². The number of rotatable bonds is 4. The molecule has 1 heterocycles. The zero-order valence-corrected chi connectivity index (χ0v) is 17.6. The van der Waals surface area contributed by atoms with Crippen LogP contribution in [0.4, 0.5) is 5.69 Å². The molecule has 28 heavy (non-hydrogen) atoms. The number of carbonyl (C=O) groups excluding carboxylic acids is 1. The molecule has 3 aromatic rings. The van der Waals surface area contributed by atoms with E-state index in [0.29, 0.717) is 16.4 Å². The molecule has 6 nitrogen and oxygen atoms in total. The third-order valence-electron chi connectivity index (χ3n) is 4.10. The second-order valence-electron chi connectivity index (χ2n) is 7.58. The van der Waals surface area contributed by atoms with E-state index in [-0.39, 0.29) is 4.90 Å². The molecule has 0 aliphatic carbocycles. The molecule has 0 bridgehead atoms. The number of hydrogen-bond acceptors (Lipinski definition) is 3. The Labute approximate surface area is 169 Å². The van der Waals surface area contributed by atoms with E-state index in [1.54, 1.807) is 44.5 Å². The zero-order valence-electron chi connectivity index (χ0n) is 16.1. The van der Waals surface area contributed by atoms with Crippen molar-refractivity contribution in [3.8, 4) is 0 Å². The number of benzene rings is 2. The molecule has 8 heteroatoms. The van der Waals surface area contributed by atoms with Crippen molar-refractivity contribution in [3.63, 3.8) is 0 Å². The number of aryl methyl sites for hydroxylation is 1. The molecule has 0 spiro atoms. The van der Waals surface area contributed by atoms with Crippen molar-refractivity contribution in [1.29, 1.82) is 0 Å². The second kappa shape index (κ2) is 7.24. The van der Waals surface area contributed by atoms with Gasteiger partial charge in [-0.1, -0.05) is 35.9 Å². The number of para-hydroxylation sites is 1. The molecule has 0 unspecified atom stereocenters. The van der Waals surface area contributed by atoms with Gasteiger partial charge in [-0.25, -0.2) is 13.1 Å². The number of fused-ring (bicyclic) bond motifs is 1. The lowest BCUT2D eigenvalue weighted by Gasteiger charge is -2.20. The Morgan fingerprint density at radius 2 is 1.75 bits per heavy atom. The summed E-state index contributed by atoms with van der Waals surface area (Å²) in [5, 5.41) is 3.88. The molecule has 2 aromatic carbocycles. The minimum atomic E-state index is -3.71. The Morgan fingerprint density at radius 1 is 1.07 bits per heavy atom. The minimum absolute atomic E-state index is 0.0726. The Kier molecular flexibility index (Phi) is 5.27. The standard InChI is InChI=1S/C20H22ClN3O3S/c1-20(2,3)23-28(26,27)14-9-7-8-13(12-14)22-19(25)18-17(21)15-10-5-6-11-16(15)24(18)4/h5-12,23H,1-4H3,(H,22,25). The smallest absolute Gasteiger partial charge is 0.273 e. The first-order valence-corrected chi connectivity index (χ1v) is 10.5. The van der Waals surface area contributed by atoms with Crippen LogP contribution in [0, 0.1) is 0 Å². The summed E-state index contributed by atoms with van der Waals surface area (Å²) >= 11 is 6.41. The van der Waals surface area contributed by atoms with Gasteiger partial charge in [0.2, 0.25) is 10.0 Å². The van der Waals surface area contributed by atoms with Crippen LogP contribution < -0.4 is 10.0 Å². The molecule has 0 fully saturated rings. The van der Waals surface area contributed by atoms with Gasteiger partial charge in [-0.3, -0.25) is 4.79 Å². The molecule has 0 aliphatic heterocycles. The largest absolute Gasteiger partial charge is 0.338 e. The summed E-state index contributed by atoms with van der Waals surface area (Å²) < 4.78 is 29.4. The van der Waals surface area contributed by atoms with Crippen LogP contribution in [0.3, 0.4) is 0 Å². The molecule has 0 saturated heterocycles. The van der Waals surface area contributed by atoms with Crippen molar-refractivity contribution in [2.75, 3.05) is 5.32 Å². The van der Waals surface area contributed by atoms with Gasteiger partial charge in [0.25, 0.3) is 5.91 Å². The number of halogens is 1. The molecule has 0 radical (unpaired) electrons. The molecule has 1 aromatic heterocycles. The van der Waals surface area contributed by atoms with E-state index in [2.05, 4.69) is 10.0 Å². The molecular weight excluding hydrogens is 398 g/mol. The van der Waals surface area contributed by atoms with Crippen molar-refractivity contribution in [2.24, 2.45) is 7.05 Å². The van der Waals surface area contributed by atoms with E-state index in [9.17, 15) is 13.2 Å². The van der Waals surface area contributed by atoms with Gasteiger partial charge < -0.3 is 9.88 Å². The Bertz CT molecular complexity index is 1120. The topological polar surface area (TPSA) is 80.2 Å². The predicted octanol–water partition coefficient (Wildman–Crippen LogP) is 4.16. The van der Waals surface area contributed by atoms with E-state index in [4.69, 9.17) is 11.6 Å². The van der Waals surface area contributed by atoms with E-state index >= 15 is 0 Å². The number of anilines is 1. The zero-order chi connectivity index (χ0) is 20.7. The van der Waals surface area contributed by atoms with Crippen molar-refractivity contribution in [3.05, 3.63) is 59.2 Å². The van der Waals surface area contributed by atoms with Gasteiger partial charge in [0, 0.05) is 29.2 Å². The van der Waals surface area contributed by atoms with Gasteiger partial charge in [-0.05, 0) is 45.0 Å². The number of nitrogens with zero attached hydrogens (tertiary/aromatic N) is 1. The molecule has 0 aliphatic rings. The van der Waals surface area contributed by atoms with Crippen molar-refractivity contribution in [1.82, 2.24) is 9.29 Å². The van der Waals surface area contributed by atoms with Crippen LogP contribution in [-0.4, -0.2) is 24.4 Å².